The van der Waals surface area contributed by atoms with E-state index in [4.69, 9.17) is 0 Å². The number of rotatable bonds is 5. The van der Waals surface area contributed by atoms with E-state index in [9.17, 15) is 0 Å². The van der Waals surface area contributed by atoms with Crippen LogP contribution in [0.5, 0.6) is 0 Å². The molecule has 1 nitrogen and oxygen atoms in total. The predicted molar refractivity (Wildman–Crippen MR) is 99.4 cm³/mol. The summed E-state index contributed by atoms with van der Waals surface area (Å²) in [6, 6.07) is 8.74. The fourth-order valence-electron chi connectivity index (χ4n) is 3.47. The number of benzene rings is 1. The van der Waals surface area contributed by atoms with E-state index in [0.717, 1.165) is 18.4 Å². The molecule has 1 aliphatic rings. The van der Waals surface area contributed by atoms with Crippen molar-refractivity contribution < 1.29 is 0 Å². The van der Waals surface area contributed by atoms with Gasteiger partial charge in [0.05, 0.1) is 0 Å². The molecule has 0 amide bonds. The highest BCUT2D eigenvalue weighted by atomic mass is 14.6. The highest BCUT2D eigenvalue weighted by Gasteiger charge is 2.13. The molecule has 0 N–H and O–H groups in total. The Morgan fingerprint density at radius 1 is 0.957 bits per heavy atom. The molecule has 0 unspecified atom stereocenters. The monoisotopic (exact) mass is 303 g/mol. The maximum absolute atomic E-state index is 4.33. The lowest BCUT2D eigenvalue weighted by Gasteiger charge is -2.20. The molecule has 118 valence electrons. The Kier molecular flexibility index (Phi) is 4.76. The van der Waals surface area contributed by atoms with Crippen LogP contribution < -0.4 is 0 Å². The van der Waals surface area contributed by atoms with Crippen molar-refractivity contribution in [2.24, 2.45) is 0 Å². The van der Waals surface area contributed by atoms with Crippen LogP contribution in [0, 0.1) is 6.92 Å². The van der Waals surface area contributed by atoms with Gasteiger partial charge in [-0.25, -0.2) is 0 Å². The number of pyridine rings is 1. The van der Waals surface area contributed by atoms with Crippen molar-refractivity contribution >= 4 is 11.1 Å². The van der Waals surface area contributed by atoms with E-state index in [1.807, 2.05) is 24.5 Å². The van der Waals surface area contributed by atoms with Gasteiger partial charge >= 0.3 is 0 Å². The van der Waals surface area contributed by atoms with Gasteiger partial charge in [-0.15, -0.1) is 0 Å². The summed E-state index contributed by atoms with van der Waals surface area (Å²) >= 11 is 0. The Balaban J connectivity index is 1.69. The first kappa shape index (κ1) is 15.7. The summed E-state index contributed by atoms with van der Waals surface area (Å²) in [5.41, 5.74) is 9.42. The van der Waals surface area contributed by atoms with Crippen LogP contribution in [-0.2, 0) is 12.8 Å². The second-order valence-corrected chi connectivity index (χ2v) is 6.58. The zero-order valence-electron chi connectivity index (χ0n) is 14.1. The average molecular weight is 303 g/mol. The number of aromatic nitrogens is 1. The quantitative estimate of drug-likeness (QED) is 0.682. The number of hydrogen-bond donors (Lipinski definition) is 0. The summed E-state index contributed by atoms with van der Waals surface area (Å²) in [4.78, 5) is 4.06. The van der Waals surface area contributed by atoms with Gasteiger partial charge in [-0.05, 0) is 96.5 Å². The lowest BCUT2D eigenvalue weighted by molar-refractivity contribution is 0.681. The number of nitrogens with zero attached hydrogens (tertiary/aromatic N) is 1. The molecule has 0 radical (unpaired) electrons. The minimum atomic E-state index is 0.943. The van der Waals surface area contributed by atoms with Crippen LogP contribution in [0.1, 0.15) is 53.5 Å². The lowest BCUT2D eigenvalue weighted by atomic mass is 9.85. The molecular formula is C22H25N. The topological polar surface area (TPSA) is 12.9 Å². The first-order valence-electron chi connectivity index (χ1n) is 8.54. The molecule has 2 aromatic rings. The van der Waals surface area contributed by atoms with E-state index in [0.29, 0.717) is 0 Å². The van der Waals surface area contributed by atoms with Crippen molar-refractivity contribution in [3.63, 3.8) is 0 Å². The standard InChI is InChI=1S/C22H25N/c1-16(19-10-12-23-13-11-19)8-9-17(2)21-14-18(3)22-7-5-4-6-20(22)15-21/h10-15H,1-2,4-9H2,3H3. The molecule has 0 spiro atoms. The number of hydrogen-bond acceptors (Lipinski definition) is 1. The van der Waals surface area contributed by atoms with Gasteiger partial charge in [0, 0.05) is 12.4 Å². The van der Waals surface area contributed by atoms with Gasteiger partial charge in [-0.2, -0.15) is 0 Å². The minimum Gasteiger partial charge on any atom is -0.265 e. The molecule has 0 atom stereocenters. The van der Waals surface area contributed by atoms with Crippen LogP contribution in [0.15, 0.2) is 49.8 Å². The molecule has 1 aromatic carbocycles. The largest absolute Gasteiger partial charge is 0.265 e. The predicted octanol–water partition coefficient (Wildman–Crippen LogP) is 5.78. The third-order valence-corrected chi connectivity index (χ3v) is 4.91. The van der Waals surface area contributed by atoms with Crippen molar-refractivity contribution in [3.05, 3.63) is 77.6 Å². The highest BCUT2D eigenvalue weighted by Crippen LogP contribution is 2.30. The Morgan fingerprint density at radius 2 is 1.61 bits per heavy atom. The maximum atomic E-state index is 4.33. The molecule has 1 aliphatic carbocycles. The first-order valence-corrected chi connectivity index (χ1v) is 8.54. The van der Waals surface area contributed by atoms with Crippen molar-refractivity contribution in [2.45, 2.75) is 45.4 Å². The lowest BCUT2D eigenvalue weighted by Crippen LogP contribution is -2.05. The molecule has 1 heteroatoms. The van der Waals surface area contributed by atoms with Crippen molar-refractivity contribution in [2.75, 3.05) is 0 Å². The Labute approximate surface area is 139 Å². The molecule has 1 aromatic heterocycles. The van der Waals surface area contributed by atoms with Crippen molar-refractivity contribution in [1.82, 2.24) is 4.98 Å². The number of fused-ring (bicyclic) bond motifs is 1. The molecule has 0 aliphatic heterocycles. The third-order valence-electron chi connectivity index (χ3n) is 4.91. The summed E-state index contributed by atoms with van der Waals surface area (Å²) in [6.07, 6.45) is 10.7. The van der Waals surface area contributed by atoms with Gasteiger partial charge in [0.25, 0.3) is 0 Å². The summed E-state index contributed by atoms with van der Waals surface area (Å²) in [5, 5.41) is 0. The molecule has 23 heavy (non-hydrogen) atoms. The molecule has 0 fully saturated rings. The molecular weight excluding hydrogens is 278 g/mol. The van der Waals surface area contributed by atoms with Gasteiger partial charge in [0.1, 0.15) is 0 Å². The van der Waals surface area contributed by atoms with Crippen LogP contribution in [0.25, 0.3) is 11.1 Å². The van der Waals surface area contributed by atoms with Crippen LogP contribution in [0.4, 0.5) is 0 Å². The zero-order valence-corrected chi connectivity index (χ0v) is 14.1. The van der Waals surface area contributed by atoms with E-state index in [2.05, 4.69) is 37.2 Å². The third kappa shape index (κ3) is 3.61. The van der Waals surface area contributed by atoms with Gasteiger partial charge in [0.15, 0.2) is 0 Å². The van der Waals surface area contributed by atoms with Gasteiger partial charge in [0.2, 0.25) is 0 Å². The first-order chi connectivity index (χ1) is 11.1. The summed E-state index contributed by atoms with van der Waals surface area (Å²) in [7, 11) is 0. The van der Waals surface area contributed by atoms with E-state index >= 15 is 0 Å². The number of allylic oxidation sites excluding steroid dienone is 2. The van der Waals surface area contributed by atoms with Crippen molar-refractivity contribution in [1.29, 1.82) is 0 Å². The second-order valence-electron chi connectivity index (χ2n) is 6.58. The number of aryl methyl sites for hydroxylation is 2. The minimum absolute atomic E-state index is 0.943. The molecule has 0 saturated carbocycles. The molecule has 0 bridgehead atoms. The van der Waals surface area contributed by atoms with Crippen LogP contribution in [0.2, 0.25) is 0 Å². The zero-order chi connectivity index (χ0) is 16.2. The van der Waals surface area contributed by atoms with Crippen LogP contribution >= 0.6 is 0 Å². The van der Waals surface area contributed by atoms with Crippen molar-refractivity contribution in [3.8, 4) is 0 Å². The maximum Gasteiger partial charge on any atom is 0.0273 e. The fourth-order valence-corrected chi connectivity index (χ4v) is 3.47. The van der Waals surface area contributed by atoms with Gasteiger partial charge in [-0.3, -0.25) is 4.98 Å². The Bertz CT molecular complexity index is 725. The Hall–Kier alpha value is -2.15. The SMILES string of the molecule is C=C(CCC(=C)c1cc(C)c2c(c1)CCCC2)c1ccncc1. The van der Waals surface area contributed by atoms with E-state index in [-0.39, 0.29) is 0 Å². The van der Waals surface area contributed by atoms with Crippen LogP contribution in [-0.4, -0.2) is 4.98 Å². The Morgan fingerprint density at radius 3 is 2.35 bits per heavy atom. The molecule has 0 saturated heterocycles. The summed E-state index contributed by atoms with van der Waals surface area (Å²) in [6.45, 7) is 10.8. The normalized spacial score (nSPS) is 13.4. The van der Waals surface area contributed by atoms with E-state index in [1.54, 1.807) is 11.1 Å². The average Bonchev–Trinajstić information content (AvgIpc) is 2.60. The second kappa shape index (κ2) is 6.95. The smallest absolute Gasteiger partial charge is 0.0273 e. The van der Waals surface area contributed by atoms with Gasteiger partial charge in [-0.1, -0.05) is 25.3 Å². The summed E-state index contributed by atoms with van der Waals surface area (Å²) < 4.78 is 0. The molecule has 1 heterocycles. The van der Waals surface area contributed by atoms with E-state index < -0.39 is 0 Å². The highest BCUT2D eigenvalue weighted by molar-refractivity contribution is 5.69. The van der Waals surface area contributed by atoms with Gasteiger partial charge < -0.3 is 0 Å². The van der Waals surface area contributed by atoms with Crippen LogP contribution in [0.3, 0.4) is 0 Å². The fraction of sp³-hybridized carbons (Fsp3) is 0.318. The molecule has 3 rings (SSSR count). The van der Waals surface area contributed by atoms with E-state index in [1.165, 1.54) is 47.9 Å². The summed E-state index contributed by atoms with van der Waals surface area (Å²) in [5.74, 6) is 0.